The highest BCUT2D eigenvalue weighted by molar-refractivity contribution is 6.24. The van der Waals surface area contributed by atoms with Crippen molar-refractivity contribution in [3.63, 3.8) is 0 Å². The molecule has 32 heavy (non-hydrogen) atoms. The maximum absolute atomic E-state index is 13.3. The van der Waals surface area contributed by atoms with E-state index in [0.29, 0.717) is 23.7 Å². The van der Waals surface area contributed by atoms with Crippen LogP contribution in [0.2, 0.25) is 0 Å². The van der Waals surface area contributed by atoms with Gasteiger partial charge in [0.1, 0.15) is 6.04 Å². The number of piperazine rings is 1. The zero-order chi connectivity index (χ0) is 22.2. The quantitative estimate of drug-likeness (QED) is 0.635. The standard InChI is InChI=1S/C23H29N5O4/c29-19-5-4-18(21(30)25-19)28-22(31)17-3-1-2-15(20(17)23(28)32)14-26-10-12-27(13-11-26)16-6-8-24-9-7-16/h1-3,16,18,24H,4-14H2,(H,25,29,30). The van der Waals surface area contributed by atoms with Gasteiger partial charge in [0.2, 0.25) is 11.8 Å². The van der Waals surface area contributed by atoms with Gasteiger partial charge in [-0.2, -0.15) is 0 Å². The van der Waals surface area contributed by atoms with E-state index >= 15 is 0 Å². The number of imide groups is 2. The molecule has 0 aromatic heterocycles. The van der Waals surface area contributed by atoms with Crippen LogP contribution in [0.1, 0.15) is 52.0 Å². The van der Waals surface area contributed by atoms with Crippen LogP contribution in [0.3, 0.4) is 0 Å². The summed E-state index contributed by atoms with van der Waals surface area (Å²) < 4.78 is 0. The third-order valence-electron chi connectivity index (χ3n) is 7.18. The number of hydrogen-bond acceptors (Lipinski definition) is 7. The average Bonchev–Trinajstić information content (AvgIpc) is 3.06. The van der Waals surface area contributed by atoms with Crippen LogP contribution in [0.15, 0.2) is 18.2 Å². The summed E-state index contributed by atoms with van der Waals surface area (Å²) in [5.41, 5.74) is 1.58. The first-order chi connectivity index (χ1) is 15.5. The highest BCUT2D eigenvalue weighted by Crippen LogP contribution is 2.30. The van der Waals surface area contributed by atoms with Gasteiger partial charge in [-0.15, -0.1) is 0 Å². The Morgan fingerprint density at radius 3 is 2.38 bits per heavy atom. The van der Waals surface area contributed by atoms with Crippen LogP contribution in [0.25, 0.3) is 0 Å². The van der Waals surface area contributed by atoms with Crippen molar-refractivity contribution in [2.75, 3.05) is 39.3 Å². The van der Waals surface area contributed by atoms with E-state index in [9.17, 15) is 19.2 Å². The topological polar surface area (TPSA) is 102 Å². The molecule has 9 heteroatoms. The number of benzene rings is 1. The van der Waals surface area contributed by atoms with Gasteiger partial charge in [-0.05, 0) is 44.0 Å². The fraction of sp³-hybridized carbons (Fsp3) is 0.565. The molecule has 5 rings (SSSR count). The van der Waals surface area contributed by atoms with E-state index in [2.05, 4.69) is 20.4 Å². The summed E-state index contributed by atoms with van der Waals surface area (Å²) in [6.45, 7) is 6.64. The second-order valence-electron chi connectivity index (χ2n) is 9.08. The van der Waals surface area contributed by atoms with Crippen LogP contribution >= 0.6 is 0 Å². The lowest BCUT2D eigenvalue weighted by Gasteiger charge is -2.41. The molecule has 1 atom stereocenters. The number of nitrogens with one attached hydrogen (secondary N) is 2. The minimum Gasteiger partial charge on any atom is -0.317 e. The Morgan fingerprint density at radius 1 is 0.906 bits per heavy atom. The number of hydrogen-bond donors (Lipinski definition) is 2. The van der Waals surface area contributed by atoms with Gasteiger partial charge in [-0.3, -0.25) is 39.2 Å². The van der Waals surface area contributed by atoms with Crippen LogP contribution in [0.4, 0.5) is 0 Å². The first-order valence-electron chi connectivity index (χ1n) is 11.5. The van der Waals surface area contributed by atoms with E-state index in [4.69, 9.17) is 0 Å². The number of nitrogens with zero attached hydrogens (tertiary/aromatic N) is 3. The second kappa shape index (κ2) is 8.73. The highest BCUT2D eigenvalue weighted by atomic mass is 16.2. The molecule has 3 fully saturated rings. The number of amides is 4. The van der Waals surface area contributed by atoms with Crippen molar-refractivity contribution in [2.24, 2.45) is 0 Å². The third kappa shape index (κ3) is 3.85. The summed E-state index contributed by atoms with van der Waals surface area (Å²) in [6, 6.07) is 5.08. The molecule has 4 amide bonds. The molecule has 2 N–H and O–H groups in total. The molecule has 0 bridgehead atoms. The van der Waals surface area contributed by atoms with Gasteiger partial charge in [0, 0.05) is 45.2 Å². The maximum atomic E-state index is 13.3. The molecule has 170 valence electrons. The van der Waals surface area contributed by atoms with Crippen LogP contribution in [0.5, 0.6) is 0 Å². The van der Waals surface area contributed by atoms with Crippen LogP contribution in [0, 0.1) is 0 Å². The smallest absolute Gasteiger partial charge is 0.262 e. The lowest BCUT2D eigenvalue weighted by Crippen LogP contribution is -2.54. The molecule has 0 spiro atoms. The SMILES string of the molecule is O=C1CCC(N2C(=O)c3cccc(CN4CCN(C5CCNCC5)CC4)c3C2=O)C(=O)N1. The Kier molecular flexibility index (Phi) is 5.79. The molecule has 1 unspecified atom stereocenters. The van der Waals surface area contributed by atoms with Crippen molar-refractivity contribution in [3.05, 3.63) is 34.9 Å². The maximum Gasteiger partial charge on any atom is 0.262 e. The molecule has 1 aromatic rings. The summed E-state index contributed by atoms with van der Waals surface area (Å²) in [6.07, 6.45) is 2.68. The van der Waals surface area contributed by atoms with E-state index in [1.807, 2.05) is 6.07 Å². The van der Waals surface area contributed by atoms with Gasteiger partial charge in [-0.25, -0.2) is 0 Å². The van der Waals surface area contributed by atoms with Crippen LogP contribution in [-0.4, -0.2) is 89.7 Å². The molecule has 4 heterocycles. The molecule has 3 saturated heterocycles. The molecule has 4 aliphatic heterocycles. The Bertz CT molecular complexity index is 950. The fourth-order valence-corrected chi connectivity index (χ4v) is 5.42. The number of fused-ring (bicyclic) bond motifs is 1. The summed E-state index contributed by atoms with van der Waals surface area (Å²) in [4.78, 5) is 56.0. The minimum absolute atomic E-state index is 0.123. The van der Waals surface area contributed by atoms with Gasteiger partial charge in [0.25, 0.3) is 11.8 Å². The number of piperidine rings is 2. The molecule has 4 aliphatic rings. The summed E-state index contributed by atoms with van der Waals surface area (Å²) >= 11 is 0. The molecule has 9 nitrogen and oxygen atoms in total. The van der Waals surface area contributed by atoms with Gasteiger partial charge in [0.15, 0.2) is 0 Å². The van der Waals surface area contributed by atoms with E-state index in [1.54, 1.807) is 12.1 Å². The fourth-order valence-electron chi connectivity index (χ4n) is 5.42. The number of rotatable bonds is 4. The lowest BCUT2D eigenvalue weighted by atomic mass is 10.0. The van der Waals surface area contributed by atoms with Crippen molar-refractivity contribution in [3.8, 4) is 0 Å². The van der Waals surface area contributed by atoms with E-state index < -0.39 is 23.8 Å². The average molecular weight is 440 g/mol. The Balaban J connectivity index is 1.28. The van der Waals surface area contributed by atoms with E-state index in [0.717, 1.165) is 49.7 Å². The summed E-state index contributed by atoms with van der Waals surface area (Å²) in [5.74, 6) is -1.82. The molecule has 0 radical (unpaired) electrons. The molecule has 0 saturated carbocycles. The zero-order valence-corrected chi connectivity index (χ0v) is 18.1. The lowest BCUT2D eigenvalue weighted by molar-refractivity contribution is -0.136. The summed E-state index contributed by atoms with van der Waals surface area (Å²) in [5, 5.41) is 5.66. The molecule has 0 aliphatic carbocycles. The Hall–Kier alpha value is -2.62. The highest BCUT2D eigenvalue weighted by Gasteiger charge is 2.45. The monoisotopic (exact) mass is 439 g/mol. The first-order valence-corrected chi connectivity index (χ1v) is 11.5. The first kappa shape index (κ1) is 21.2. The van der Waals surface area contributed by atoms with Gasteiger partial charge < -0.3 is 5.32 Å². The van der Waals surface area contributed by atoms with Crippen LogP contribution < -0.4 is 10.6 Å². The predicted molar refractivity (Wildman–Crippen MR) is 116 cm³/mol. The predicted octanol–water partition coefficient (Wildman–Crippen LogP) is -0.0426. The zero-order valence-electron chi connectivity index (χ0n) is 18.1. The molecular weight excluding hydrogens is 410 g/mol. The van der Waals surface area contributed by atoms with Crippen molar-refractivity contribution < 1.29 is 19.2 Å². The van der Waals surface area contributed by atoms with Gasteiger partial charge in [-0.1, -0.05) is 12.1 Å². The molecular formula is C23H29N5O4. The molecule has 1 aromatic carbocycles. The van der Waals surface area contributed by atoms with E-state index in [-0.39, 0.29) is 18.7 Å². The Labute approximate surface area is 187 Å². The normalized spacial score (nSPS) is 25.9. The van der Waals surface area contributed by atoms with Crippen molar-refractivity contribution in [1.29, 1.82) is 0 Å². The third-order valence-corrected chi connectivity index (χ3v) is 7.18. The second-order valence-corrected chi connectivity index (χ2v) is 9.08. The van der Waals surface area contributed by atoms with Crippen LogP contribution in [-0.2, 0) is 16.1 Å². The van der Waals surface area contributed by atoms with E-state index in [1.165, 1.54) is 12.8 Å². The largest absolute Gasteiger partial charge is 0.317 e. The van der Waals surface area contributed by atoms with Crippen molar-refractivity contribution >= 4 is 23.6 Å². The van der Waals surface area contributed by atoms with Crippen molar-refractivity contribution in [1.82, 2.24) is 25.3 Å². The summed E-state index contributed by atoms with van der Waals surface area (Å²) in [7, 11) is 0. The van der Waals surface area contributed by atoms with Crippen molar-refractivity contribution in [2.45, 2.75) is 44.3 Å². The van der Waals surface area contributed by atoms with Gasteiger partial charge in [0.05, 0.1) is 11.1 Å². The Morgan fingerprint density at radius 2 is 1.66 bits per heavy atom. The minimum atomic E-state index is -0.929. The number of carbonyl (C=O) groups excluding carboxylic acids is 4. The van der Waals surface area contributed by atoms with Gasteiger partial charge >= 0.3 is 0 Å². The number of carbonyl (C=O) groups is 4.